The Morgan fingerprint density at radius 2 is 2.18 bits per heavy atom. The smallest absolute Gasteiger partial charge is 0.132 e. The van der Waals surface area contributed by atoms with Crippen molar-refractivity contribution in [3.8, 4) is 5.75 Å². The van der Waals surface area contributed by atoms with Gasteiger partial charge in [0.25, 0.3) is 0 Å². The molecule has 1 N–H and O–H groups in total. The minimum Gasteiger partial charge on any atom is -0.508 e. The second-order valence-corrected chi connectivity index (χ2v) is 3.14. The van der Waals surface area contributed by atoms with Gasteiger partial charge >= 0.3 is 0 Å². The molecule has 0 radical (unpaired) electrons. The number of benzene rings is 1. The van der Waals surface area contributed by atoms with Crippen LogP contribution < -0.4 is 0 Å². The van der Waals surface area contributed by atoms with Crippen molar-refractivity contribution in [1.82, 2.24) is 0 Å². The van der Waals surface area contributed by atoms with Crippen LogP contribution in [0.2, 0.25) is 0 Å². The van der Waals surface area contributed by atoms with Crippen LogP contribution in [0.4, 0.5) is 4.39 Å². The fraction of sp³-hybridized carbons (Fsp3) is 0.143. The molecule has 0 unspecified atom stereocenters. The van der Waals surface area contributed by atoms with Gasteiger partial charge in [0.05, 0.1) is 5.88 Å². The van der Waals surface area contributed by atoms with Crippen molar-refractivity contribution in [3.05, 3.63) is 28.0 Å². The summed E-state index contributed by atoms with van der Waals surface area (Å²) in [5.41, 5.74) is 0.365. The maximum atomic E-state index is 12.8. The molecular formula is C7H5BrClFO. The zero-order valence-electron chi connectivity index (χ0n) is 5.44. The normalized spacial score (nSPS) is 10.1. The average molecular weight is 239 g/mol. The number of halogens is 3. The second-order valence-electron chi connectivity index (χ2n) is 2.02. The van der Waals surface area contributed by atoms with Crippen LogP contribution in [0.3, 0.4) is 0 Å². The quantitative estimate of drug-likeness (QED) is 0.747. The number of aromatic hydroxyl groups is 1. The minimum absolute atomic E-state index is 0.0900. The first-order valence-electron chi connectivity index (χ1n) is 2.88. The van der Waals surface area contributed by atoms with Gasteiger partial charge in [0.2, 0.25) is 0 Å². The molecule has 11 heavy (non-hydrogen) atoms. The van der Waals surface area contributed by atoms with Crippen LogP contribution in [0.25, 0.3) is 0 Å². The summed E-state index contributed by atoms with van der Waals surface area (Å²) in [4.78, 5) is 0. The Bertz CT molecular complexity index is 254. The van der Waals surface area contributed by atoms with Crippen molar-refractivity contribution in [2.75, 3.05) is 0 Å². The molecule has 0 saturated carbocycles. The van der Waals surface area contributed by atoms with Gasteiger partial charge in [0, 0.05) is 16.1 Å². The number of rotatable bonds is 1. The van der Waals surface area contributed by atoms with E-state index in [1.54, 1.807) is 0 Å². The largest absolute Gasteiger partial charge is 0.508 e. The summed E-state index contributed by atoms with van der Waals surface area (Å²) >= 11 is 8.51. The molecule has 0 spiro atoms. The van der Waals surface area contributed by atoms with Crippen molar-refractivity contribution in [3.63, 3.8) is 0 Å². The SMILES string of the molecule is Oc1cc(F)c(CCl)c(Br)c1. The van der Waals surface area contributed by atoms with Gasteiger partial charge in [0.1, 0.15) is 11.6 Å². The average Bonchev–Trinajstić information content (AvgIpc) is 1.85. The van der Waals surface area contributed by atoms with Gasteiger partial charge in [-0.1, -0.05) is 15.9 Å². The summed E-state index contributed by atoms with van der Waals surface area (Å²) < 4.78 is 13.3. The molecule has 0 aliphatic heterocycles. The van der Waals surface area contributed by atoms with E-state index in [1.807, 2.05) is 0 Å². The van der Waals surface area contributed by atoms with Gasteiger partial charge in [-0.2, -0.15) is 0 Å². The maximum Gasteiger partial charge on any atom is 0.132 e. The van der Waals surface area contributed by atoms with Gasteiger partial charge in [-0.25, -0.2) is 4.39 Å². The predicted molar refractivity (Wildman–Crippen MR) is 45.3 cm³/mol. The zero-order valence-corrected chi connectivity index (χ0v) is 7.78. The molecule has 0 fully saturated rings. The highest BCUT2D eigenvalue weighted by molar-refractivity contribution is 9.10. The van der Waals surface area contributed by atoms with Crippen molar-refractivity contribution in [1.29, 1.82) is 0 Å². The molecule has 1 rings (SSSR count). The summed E-state index contributed by atoms with van der Waals surface area (Å²) in [6.45, 7) is 0. The van der Waals surface area contributed by atoms with Gasteiger partial charge in [-0.15, -0.1) is 11.6 Å². The van der Waals surface area contributed by atoms with Crippen LogP contribution >= 0.6 is 27.5 Å². The van der Waals surface area contributed by atoms with Gasteiger partial charge in [0.15, 0.2) is 0 Å². The Morgan fingerprint density at radius 1 is 1.55 bits per heavy atom. The summed E-state index contributed by atoms with van der Waals surface area (Å²) in [6.07, 6.45) is 0. The number of phenols is 1. The molecule has 1 aromatic rings. The van der Waals surface area contributed by atoms with E-state index >= 15 is 0 Å². The topological polar surface area (TPSA) is 20.2 Å². The summed E-state index contributed by atoms with van der Waals surface area (Å²) in [5, 5.41) is 8.90. The fourth-order valence-electron chi connectivity index (χ4n) is 0.717. The van der Waals surface area contributed by atoms with Crippen molar-refractivity contribution < 1.29 is 9.50 Å². The van der Waals surface area contributed by atoms with E-state index in [2.05, 4.69) is 15.9 Å². The van der Waals surface area contributed by atoms with Crippen LogP contribution in [-0.2, 0) is 5.88 Å². The van der Waals surface area contributed by atoms with Crippen molar-refractivity contribution in [2.45, 2.75) is 5.88 Å². The third-order valence-electron chi connectivity index (χ3n) is 1.26. The van der Waals surface area contributed by atoms with Crippen molar-refractivity contribution in [2.24, 2.45) is 0 Å². The minimum atomic E-state index is -0.494. The fourth-order valence-corrected chi connectivity index (χ4v) is 1.71. The Balaban J connectivity index is 3.25. The third-order valence-corrected chi connectivity index (χ3v) is 2.23. The Kier molecular flexibility index (Phi) is 2.73. The highest BCUT2D eigenvalue weighted by Crippen LogP contribution is 2.26. The highest BCUT2D eigenvalue weighted by atomic mass is 79.9. The molecule has 1 aromatic carbocycles. The Morgan fingerprint density at radius 3 is 2.64 bits per heavy atom. The van der Waals surface area contributed by atoms with E-state index in [0.29, 0.717) is 10.0 Å². The summed E-state index contributed by atoms with van der Waals surface area (Å²) in [6, 6.07) is 2.43. The van der Waals surface area contributed by atoms with Crippen LogP contribution in [-0.4, -0.2) is 5.11 Å². The molecular weight excluding hydrogens is 234 g/mol. The standard InChI is InChI=1S/C7H5BrClFO/c8-6-1-4(11)2-7(10)5(6)3-9/h1-2,11H,3H2. The molecule has 4 heteroatoms. The third kappa shape index (κ3) is 1.84. The van der Waals surface area contributed by atoms with Crippen LogP contribution in [0.15, 0.2) is 16.6 Å². The Labute approximate surface area is 76.9 Å². The molecule has 60 valence electrons. The maximum absolute atomic E-state index is 12.8. The molecule has 0 atom stereocenters. The van der Waals surface area contributed by atoms with E-state index in [-0.39, 0.29) is 11.6 Å². The van der Waals surface area contributed by atoms with Gasteiger partial charge in [-0.3, -0.25) is 0 Å². The first-order valence-corrected chi connectivity index (χ1v) is 4.20. The van der Waals surface area contributed by atoms with Gasteiger partial charge in [-0.05, 0) is 6.07 Å². The number of alkyl halides is 1. The highest BCUT2D eigenvalue weighted by Gasteiger charge is 2.06. The van der Waals surface area contributed by atoms with E-state index in [4.69, 9.17) is 16.7 Å². The number of phenolic OH excluding ortho intramolecular Hbond substituents is 1. The lowest BCUT2D eigenvalue weighted by Crippen LogP contribution is -1.87. The van der Waals surface area contributed by atoms with E-state index < -0.39 is 5.82 Å². The first-order chi connectivity index (χ1) is 5.15. The lowest BCUT2D eigenvalue weighted by molar-refractivity contribution is 0.467. The molecule has 0 aliphatic rings. The van der Waals surface area contributed by atoms with E-state index in [0.717, 1.165) is 6.07 Å². The Hall–Kier alpha value is -0.280. The van der Waals surface area contributed by atoms with Crippen molar-refractivity contribution >= 4 is 27.5 Å². The summed E-state index contributed by atoms with van der Waals surface area (Å²) in [5.74, 6) is -0.512. The van der Waals surface area contributed by atoms with Crippen LogP contribution in [0, 0.1) is 5.82 Å². The first kappa shape index (κ1) is 8.81. The zero-order chi connectivity index (χ0) is 8.43. The van der Waals surface area contributed by atoms with Crippen LogP contribution in [0.5, 0.6) is 5.75 Å². The lowest BCUT2D eigenvalue weighted by atomic mass is 10.2. The summed E-state index contributed by atoms with van der Waals surface area (Å²) in [7, 11) is 0. The number of hydrogen-bond donors (Lipinski definition) is 1. The predicted octanol–water partition coefficient (Wildman–Crippen LogP) is 3.03. The second kappa shape index (κ2) is 3.41. The van der Waals surface area contributed by atoms with Crippen LogP contribution in [0.1, 0.15) is 5.56 Å². The monoisotopic (exact) mass is 238 g/mol. The molecule has 1 nitrogen and oxygen atoms in total. The molecule has 0 saturated heterocycles. The number of hydrogen-bond acceptors (Lipinski definition) is 1. The van der Waals surface area contributed by atoms with E-state index in [9.17, 15) is 4.39 Å². The lowest BCUT2D eigenvalue weighted by Gasteiger charge is -2.01. The van der Waals surface area contributed by atoms with E-state index in [1.165, 1.54) is 6.07 Å². The van der Waals surface area contributed by atoms with Gasteiger partial charge < -0.3 is 5.11 Å². The molecule has 0 bridgehead atoms. The molecule has 0 aromatic heterocycles. The molecule has 0 aliphatic carbocycles. The molecule has 0 amide bonds. The molecule has 0 heterocycles.